The Morgan fingerprint density at radius 3 is 2.29 bits per heavy atom. The number of aryl methyl sites for hydroxylation is 1. The van der Waals surface area contributed by atoms with E-state index in [1.807, 2.05) is 31.2 Å². The average molecular weight is 327 g/mol. The smallest absolute Gasteiger partial charge is 0.118 e. The van der Waals surface area contributed by atoms with Gasteiger partial charge in [-0.1, -0.05) is 49.4 Å². The van der Waals surface area contributed by atoms with Gasteiger partial charge in [0.1, 0.15) is 5.75 Å². The van der Waals surface area contributed by atoms with Crippen molar-refractivity contribution < 1.29 is 9.84 Å². The van der Waals surface area contributed by atoms with Gasteiger partial charge in [0.2, 0.25) is 0 Å². The maximum absolute atomic E-state index is 10.5. The highest BCUT2D eigenvalue weighted by molar-refractivity contribution is 5.29. The minimum absolute atomic E-state index is 0.0116. The van der Waals surface area contributed by atoms with Gasteiger partial charge in [-0.2, -0.15) is 0 Å². The summed E-state index contributed by atoms with van der Waals surface area (Å²) in [4.78, 5) is 0. The maximum Gasteiger partial charge on any atom is 0.118 e. The number of aliphatic hydroxyl groups excluding tert-OH is 1. The lowest BCUT2D eigenvalue weighted by molar-refractivity contribution is 0.133. The standard InChI is InChI=1S/C21H29NO2/c1-16(9-10-18-7-5-4-6-8-18)15-22-17(2)21(23)19-11-13-20(24-3)14-12-19/h4-8,11-14,16-17,21-23H,9-10,15H2,1-3H3. The van der Waals surface area contributed by atoms with E-state index in [0.717, 1.165) is 30.7 Å². The summed E-state index contributed by atoms with van der Waals surface area (Å²) in [6.07, 6.45) is 1.72. The number of hydrogen-bond acceptors (Lipinski definition) is 3. The third-order valence-electron chi connectivity index (χ3n) is 4.49. The molecule has 3 nitrogen and oxygen atoms in total. The normalized spacial score (nSPS) is 14.8. The average Bonchev–Trinajstić information content (AvgIpc) is 2.64. The summed E-state index contributed by atoms with van der Waals surface area (Å²) in [7, 11) is 1.65. The van der Waals surface area contributed by atoms with Crippen LogP contribution >= 0.6 is 0 Å². The summed E-state index contributed by atoms with van der Waals surface area (Å²) in [5.74, 6) is 1.37. The van der Waals surface area contributed by atoms with E-state index in [1.165, 1.54) is 5.56 Å². The Kier molecular flexibility index (Phi) is 7.29. The van der Waals surface area contributed by atoms with Crippen molar-refractivity contribution in [2.24, 2.45) is 5.92 Å². The highest BCUT2D eigenvalue weighted by Crippen LogP contribution is 2.20. The van der Waals surface area contributed by atoms with E-state index in [2.05, 4.69) is 42.6 Å². The van der Waals surface area contributed by atoms with Crippen molar-refractivity contribution in [2.45, 2.75) is 38.8 Å². The van der Waals surface area contributed by atoms with E-state index in [0.29, 0.717) is 5.92 Å². The van der Waals surface area contributed by atoms with Crippen LogP contribution in [0.3, 0.4) is 0 Å². The summed E-state index contributed by atoms with van der Waals surface area (Å²) < 4.78 is 5.15. The quantitative estimate of drug-likeness (QED) is 0.732. The minimum Gasteiger partial charge on any atom is -0.497 e. The third kappa shape index (κ3) is 5.66. The lowest BCUT2D eigenvalue weighted by atomic mass is 9.99. The number of rotatable bonds is 9. The Bertz CT molecular complexity index is 583. The Morgan fingerprint density at radius 1 is 1.00 bits per heavy atom. The summed E-state index contributed by atoms with van der Waals surface area (Å²) in [6, 6.07) is 18.2. The number of nitrogens with one attached hydrogen (secondary N) is 1. The first-order valence-electron chi connectivity index (χ1n) is 8.69. The van der Waals surface area contributed by atoms with Crippen LogP contribution in [-0.2, 0) is 6.42 Å². The van der Waals surface area contributed by atoms with Crippen molar-refractivity contribution in [1.29, 1.82) is 0 Å². The monoisotopic (exact) mass is 327 g/mol. The van der Waals surface area contributed by atoms with Crippen LogP contribution in [0.4, 0.5) is 0 Å². The predicted octanol–water partition coefficient (Wildman–Crippen LogP) is 3.98. The van der Waals surface area contributed by atoms with E-state index < -0.39 is 6.10 Å². The van der Waals surface area contributed by atoms with Gasteiger partial charge in [-0.05, 0) is 55.5 Å². The summed E-state index contributed by atoms with van der Waals surface area (Å²) in [6.45, 7) is 5.18. The zero-order valence-corrected chi connectivity index (χ0v) is 14.9. The molecular formula is C21H29NO2. The molecule has 0 aliphatic rings. The molecular weight excluding hydrogens is 298 g/mol. The topological polar surface area (TPSA) is 41.5 Å². The first-order valence-corrected chi connectivity index (χ1v) is 8.69. The van der Waals surface area contributed by atoms with Crippen LogP contribution in [0.5, 0.6) is 5.75 Å². The molecule has 0 fully saturated rings. The van der Waals surface area contributed by atoms with Crippen molar-refractivity contribution in [3.63, 3.8) is 0 Å². The van der Waals surface area contributed by atoms with Crippen molar-refractivity contribution in [3.8, 4) is 5.75 Å². The van der Waals surface area contributed by atoms with Crippen LogP contribution in [0.15, 0.2) is 54.6 Å². The van der Waals surface area contributed by atoms with Gasteiger partial charge in [-0.15, -0.1) is 0 Å². The van der Waals surface area contributed by atoms with Gasteiger partial charge in [0.15, 0.2) is 0 Å². The number of hydrogen-bond donors (Lipinski definition) is 2. The SMILES string of the molecule is COc1ccc(C(O)C(C)NCC(C)CCc2ccccc2)cc1. The van der Waals surface area contributed by atoms with Crippen molar-refractivity contribution >= 4 is 0 Å². The first-order chi connectivity index (χ1) is 11.6. The molecule has 0 saturated carbocycles. The van der Waals surface area contributed by atoms with E-state index in [9.17, 15) is 5.11 Å². The molecule has 0 radical (unpaired) electrons. The van der Waals surface area contributed by atoms with Crippen molar-refractivity contribution in [1.82, 2.24) is 5.32 Å². The van der Waals surface area contributed by atoms with Gasteiger partial charge in [-0.25, -0.2) is 0 Å². The molecule has 24 heavy (non-hydrogen) atoms. The summed E-state index contributed by atoms with van der Waals surface area (Å²) in [5, 5.41) is 13.9. The fourth-order valence-electron chi connectivity index (χ4n) is 2.75. The molecule has 0 saturated heterocycles. The van der Waals surface area contributed by atoms with E-state index in [-0.39, 0.29) is 6.04 Å². The Labute approximate surface area is 145 Å². The number of methoxy groups -OCH3 is 1. The number of aliphatic hydroxyl groups is 1. The Balaban J connectivity index is 1.75. The van der Waals surface area contributed by atoms with E-state index >= 15 is 0 Å². The maximum atomic E-state index is 10.5. The first kappa shape index (κ1) is 18.5. The largest absolute Gasteiger partial charge is 0.497 e. The van der Waals surface area contributed by atoms with Crippen molar-refractivity contribution in [3.05, 3.63) is 65.7 Å². The summed E-state index contributed by atoms with van der Waals surface area (Å²) >= 11 is 0. The molecule has 130 valence electrons. The molecule has 0 bridgehead atoms. The third-order valence-corrected chi connectivity index (χ3v) is 4.49. The van der Waals surface area contributed by atoms with Crippen LogP contribution in [-0.4, -0.2) is 24.8 Å². The van der Waals surface area contributed by atoms with Gasteiger partial charge in [0.25, 0.3) is 0 Å². The van der Waals surface area contributed by atoms with Crippen LogP contribution in [0.2, 0.25) is 0 Å². The minimum atomic E-state index is -0.516. The molecule has 0 aliphatic carbocycles. The van der Waals surface area contributed by atoms with Gasteiger partial charge in [0, 0.05) is 6.04 Å². The highest BCUT2D eigenvalue weighted by atomic mass is 16.5. The highest BCUT2D eigenvalue weighted by Gasteiger charge is 2.16. The second-order valence-corrected chi connectivity index (χ2v) is 6.54. The van der Waals surface area contributed by atoms with E-state index in [4.69, 9.17) is 4.74 Å². The fraction of sp³-hybridized carbons (Fsp3) is 0.429. The number of ether oxygens (including phenoxy) is 1. The lowest BCUT2D eigenvalue weighted by Gasteiger charge is -2.23. The van der Waals surface area contributed by atoms with Gasteiger partial charge in [-0.3, -0.25) is 0 Å². The zero-order chi connectivity index (χ0) is 17.4. The fourth-order valence-corrected chi connectivity index (χ4v) is 2.75. The van der Waals surface area contributed by atoms with Crippen LogP contribution in [0.25, 0.3) is 0 Å². The second-order valence-electron chi connectivity index (χ2n) is 6.54. The predicted molar refractivity (Wildman–Crippen MR) is 99.3 cm³/mol. The molecule has 3 unspecified atom stereocenters. The Hall–Kier alpha value is -1.84. The molecule has 2 rings (SSSR count). The Morgan fingerprint density at radius 2 is 1.67 bits per heavy atom. The molecule has 0 aliphatic heterocycles. The molecule has 0 aromatic heterocycles. The lowest BCUT2D eigenvalue weighted by Crippen LogP contribution is -2.35. The van der Waals surface area contributed by atoms with Crippen LogP contribution in [0.1, 0.15) is 37.5 Å². The van der Waals surface area contributed by atoms with Gasteiger partial charge >= 0.3 is 0 Å². The van der Waals surface area contributed by atoms with Crippen LogP contribution < -0.4 is 10.1 Å². The van der Waals surface area contributed by atoms with Gasteiger partial charge in [0.05, 0.1) is 13.2 Å². The van der Waals surface area contributed by atoms with Gasteiger partial charge < -0.3 is 15.2 Å². The molecule has 2 aromatic rings. The molecule has 3 atom stereocenters. The molecule has 2 N–H and O–H groups in total. The second kappa shape index (κ2) is 9.45. The summed E-state index contributed by atoms with van der Waals surface area (Å²) in [5.41, 5.74) is 2.29. The van der Waals surface area contributed by atoms with Crippen molar-refractivity contribution in [2.75, 3.05) is 13.7 Å². The molecule has 0 heterocycles. The molecule has 0 spiro atoms. The molecule has 0 amide bonds. The van der Waals surface area contributed by atoms with E-state index in [1.54, 1.807) is 7.11 Å². The molecule has 3 heteroatoms. The molecule has 2 aromatic carbocycles. The number of benzene rings is 2. The van der Waals surface area contributed by atoms with Crippen LogP contribution in [0, 0.1) is 5.92 Å². The zero-order valence-electron chi connectivity index (χ0n) is 14.9.